The van der Waals surface area contributed by atoms with Crippen molar-refractivity contribution in [3.8, 4) is 0 Å². The number of nitrogen functional groups attached to an aromatic ring is 1. The van der Waals surface area contributed by atoms with Gasteiger partial charge in [0.25, 0.3) is 0 Å². The monoisotopic (exact) mass is 320 g/mol. The van der Waals surface area contributed by atoms with Gasteiger partial charge in [-0.25, -0.2) is 0 Å². The molecule has 0 amide bonds. The van der Waals surface area contributed by atoms with Crippen LogP contribution in [0.3, 0.4) is 0 Å². The third-order valence-electron chi connectivity index (χ3n) is 4.67. The summed E-state index contributed by atoms with van der Waals surface area (Å²) in [6.45, 7) is 1.56. The summed E-state index contributed by atoms with van der Waals surface area (Å²) >= 11 is 0. The zero-order chi connectivity index (χ0) is 16.2. The molecule has 1 aliphatic carbocycles. The molecular formula is C15H24N6O2. The van der Waals surface area contributed by atoms with Crippen LogP contribution in [0.4, 0.5) is 23.3 Å². The van der Waals surface area contributed by atoms with E-state index in [4.69, 9.17) is 5.73 Å². The van der Waals surface area contributed by atoms with Crippen molar-refractivity contribution >= 4 is 23.3 Å². The van der Waals surface area contributed by atoms with Gasteiger partial charge >= 0.3 is 5.69 Å². The summed E-state index contributed by atoms with van der Waals surface area (Å²) in [6.07, 6.45) is 9.01. The Labute approximate surface area is 135 Å². The molecule has 1 aromatic rings. The van der Waals surface area contributed by atoms with Crippen LogP contribution in [0, 0.1) is 10.1 Å². The average Bonchev–Trinajstić information content (AvgIpc) is 2.55. The van der Waals surface area contributed by atoms with Gasteiger partial charge in [-0.2, -0.15) is 9.97 Å². The van der Waals surface area contributed by atoms with E-state index in [1.165, 1.54) is 19.3 Å². The summed E-state index contributed by atoms with van der Waals surface area (Å²) in [6, 6.07) is 0.332. The summed E-state index contributed by atoms with van der Waals surface area (Å²) in [7, 11) is 0. The fraction of sp³-hybridized carbons (Fsp3) is 0.733. The Balaban J connectivity index is 1.88. The van der Waals surface area contributed by atoms with Gasteiger partial charge in [0.15, 0.2) is 0 Å². The maximum Gasteiger partial charge on any atom is 0.353 e. The first-order chi connectivity index (χ1) is 11.1. The Bertz CT molecular complexity index is 567. The number of hydrogen-bond acceptors (Lipinski definition) is 7. The van der Waals surface area contributed by atoms with E-state index in [2.05, 4.69) is 15.3 Å². The second-order valence-corrected chi connectivity index (χ2v) is 6.39. The van der Waals surface area contributed by atoms with Gasteiger partial charge in [-0.05, 0) is 32.1 Å². The summed E-state index contributed by atoms with van der Waals surface area (Å²) in [5.41, 5.74) is 5.71. The highest BCUT2D eigenvalue weighted by Gasteiger charge is 2.28. The first-order valence-corrected chi connectivity index (χ1v) is 8.48. The normalized spacial score (nSPS) is 19.6. The minimum absolute atomic E-state index is 0.0520. The number of nitro groups is 1. The van der Waals surface area contributed by atoms with Crippen molar-refractivity contribution in [2.24, 2.45) is 0 Å². The quantitative estimate of drug-likeness (QED) is 0.648. The molecule has 0 spiro atoms. The lowest BCUT2D eigenvalue weighted by Crippen LogP contribution is -2.32. The van der Waals surface area contributed by atoms with Crippen LogP contribution in [0.25, 0.3) is 0 Å². The predicted octanol–water partition coefficient (Wildman–Crippen LogP) is 2.70. The molecule has 8 heteroatoms. The second-order valence-electron chi connectivity index (χ2n) is 6.39. The molecule has 0 aromatic carbocycles. The summed E-state index contributed by atoms with van der Waals surface area (Å²) < 4.78 is 0. The molecule has 3 rings (SSSR count). The standard InChI is InChI=1S/C15H24N6O2/c16-13-12(21(22)23)14(20-9-5-2-6-10-20)19-15(18-13)17-11-7-3-1-4-8-11/h11H,1-10H2,(H3,16,17,18,19). The highest BCUT2D eigenvalue weighted by Crippen LogP contribution is 2.34. The molecule has 0 atom stereocenters. The number of nitrogens with one attached hydrogen (secondary N) is 1. The Kier molecular flexibility index (Phi) is 4.78. The summed E-state index contributed by atoms with van der Waals surface area (Å²) in [5.74, 6) is 0.727. The molecule has 3 N–H and O–H groups in total. The average molecular weight is 320 g/mol. The molecule has 2 fully saturated rings. The van der Waals surface area contributed by atoms with Crippen molar-refractivity contribution in [1.82, 2.24) is 9.97 Å². The van der Waals surface area contributed by atoms with E-state index in [-0.39, 0.29) is 11.5 Å². The number of nitrogens with zero attached hydrogens (tertiary/aromatic N) is 4. The number of anilines is 3. The lowest BCUT2D eigenvalue weighted by atomic mass is 9.96. The van der Waals surface area contributed by atoms with E-state index in [1.54, 1.807) is 0 Å². The van der Waals surface area contributed by atoms with Crippen LogP contribution in [0.2, 0.25) is 0 Å². The van der Waals surface area contributed by atoms with E-state index in [0.717, 1.165) is 45.2 Å². The Morgan fingerprint density at radius 2 is 1.74 bits per heavy atom. The fourth-order valence-electron chi connectivity index (χ4n) is 3.46. The number of rotatable bonds is 4. The molecule has 1 saturated carbocycles. The molecule has 1 aliphatic heterocycles. The van der Waals surface area contributed by atoms with Crippen LogP contribution in [-0.4, -0.2) is 34.0 Å². The van der Waals surface area contributed by atoms with E-state index in [1.807, 2.05) is 4.90 Å². The maximum absolute atomic E-state index is 11.4. The fourth-order valence-corrected chi connectivity index (χ4v) is 3.46. The van der Waals surface area contributed by atoms with E-state index in [9.17, 15) is 10.1 Å². The smallest absolute Gasteiger partial charge is 0.353 e. The third kappa shape index (κ3) is 3.62. The van der Waals surface area contributed by atoms with Crippen molar-refractivity contribution in [2.45, 2.75) is 57.4 Å². The van der Waals surface area contributed by atoms with Crippen molar-refractivity contribution in [1.29, 1.82) is 0 Å². The summed E-state index contributed by atoms with van der Waals surface area (Å²) in [5, 5.41) is 14.7. The van der Waals surface area contributed by atoms with E-state index >= 15 is 0 Å². The first-order valence-electron chi connectivity index (χ1n) is 8.48. The minimum Gasteiger partial charge on any atom is -0.378 e. The van der Waals surface area contributed by atoms with Crippen LogP contribution in [0.1, 0.15) is 51.4 Å². The van der Waals surface area contributed by atoms with Crippen LogP contribution in [0.15, 0.2) is 0 Å². The van der Waals surface area contributed by atoms with Crippen LogP contribution in [-0.2, 0) is 0 Å². The van der Waals surface area contributed by atoms with Crippen LogP contribution in [0.5, 0.6) is 0 Å². The van der Waals surface area contributed by atoms with Crippen LogP contribution >= 0.6 is 0 Å². The molecule has 8 nitrogen and oxygen atoms in total. The third-order valence-corrected chi connectivity index (χ3v) is 4.67. The van der Waals surface area contributed by atoms with Gasteiger partial charge in [-0.15, -0.1) is 0 Å². The van der Waals surface area contributed by atoms with Crippen molar-refractivity contribution in [3.63, 3.8) is 0 Å². The Morgan fingerprint density at radius 1 is 1.09 bits per heavy atom. The molecule has 1 saturated heterocycles. The molecular weight excluding hydrogens is 296 g/mol. The minimum atomic E-state index is -0.469. The van der Waals surface area contributed by atoms with E-state index < -0.39 is 4.92 Å². The second kappa shape index (κ2) is 6.97. The first kappa shape index (κ1) is 15.8. The number of nitrogens with two attached hydrogens (primary N) is 1. The number of hydrogen-bond donors (Lipinski definition) is 2. The molecule has 23 heavy (non-hydrogen) atoms. The van der Waals surface area contributed by atoms with Crippen molar-refractivity contribution in [2.75, 3.05) is 29.0 Å². The molecule has 2 heterocycles. The molecule has 1 aromatic heterocycles. The zero-order valence-corrected chi connectivity index (χ0v) is 13.3. The summed E-state index contributed by atoms with van der Waals surface area (Å²) in [4.78, 5) is 21.5. The zero-order valence-electron chi connectivity index (χ0n) is 13.3. The predicted molar refractivity (Wildman–Crippen MR) is 89.7 cm³/mol. The van der Waals surface area contributed by atoms with Gasteiger partial charge < -0.3 is 16.0 Å². The van der Waals surface area contributed by atoms with Gasteiger partial charge in [0.2, 0.25) is 17.6 Å². The molecule has 126 valence electrons. The highest BCUT2D eigenvalue weighted by molar-refractivity contribution is 5.71. The number of aromatic nitrogens is 2. The van der Waals surface area contributed by atoms with Gasteiger partial charge in [0.1, 0.15) is 0 Å². The Hall–Kier alpha value is -2.12. The molecule has 0 unspecified atom stereocenters. The molecule has 0 bridgehead atoms. The van der Waals surface area contributed by atoms with Crippen LogP contribution < -0.4 is 16.0 Å². The highest BCUT2D eigenvalue weighted by atomic mass is 16.6. The van der Waals surface area contributed by atoms with Gasteiger partial charge in [0, 0.05) is 19.1 Å². The molecule has 2 aliphatic rings. The molecule has 0 radical (unpaired) electrons. The van der Waals surface area contributed by atoms with Gasteiger partial charge in [0.05, 0.1) is 4.92 Å². The lowest BCUT2D eigenvalue weighted by molar-refractivity contribution is -0.383. The van der Waals surface area contributed by atoms with Crippen molar-refractivity contribution < 1.29 is 4.92 Å². The van der Waals surface area contributed by atoms with Gasteiger partial charge in [-0.3, -0.25) is 10.1 Å². The lowest BCUT2D eigenvalue weighted by Gasteiger charge is -2.28. The SMILES string of the molecule is Nc1nc(NC2CCCCC2)nc(N2CCCCC2)c1[N+](=O)[O-]. The van der Waals surface area contributed by atoms with Crippen molar-refractivity contribution in [3.05, 3.63) is 10.1 Å². The maximum atomic E-state index is 11.4. The van der Waals surface area contributed by atoms with E-state index in [0.29, 0.717) is 17.8 Å². The largest absolute Gasteiger partial charge is 0.378 e. The topological polar surface area (TPSA) is 110 Å². The number of piperidine rings is 1. The van der Waals surface area contributed by atoms with Gasteiger partial charge in [-0.1, -0.05) is 19.3 Å². The Morgan fingerprint density at radius 3 is 2.39 bits per heavy atom.